The zero-order chi connectivity index (χ0) is 22.7. The van der Waals surface area contributed by atoms with Crippen LogP contribution in [0.5, 0.6) is 0 Å². The second-order valence-corrected chi connectivity index (χ2v) is 10.1. The van der Waals surface area contributed by atoms with Gasteiger partial charge in [0.1, 0.15) is 6.04 Å². The fraction of sp³-hybridized carbons (Fsp3) is 0.619. The summed E-state index contributed by atoms with van der Waals surface area (Å²) in [5, 5.41) is 2.93. The molecular weight excluding hydrogens is 436 g/mol. The summed E-state index contributed by atoms with van der Waals surface area (Å²) >= 11 is 0. The lowest BCUT2D eigenvalue weighted by Crippen LogP contribution is -2.49. The Balaban J connectivity index is 1.46. The van der Waals surface area contributed by atoms with Crippen LogP contribution < -0.4 is 10.2 Å². The standard InChI is InChI=1S/C21H30N4O6S/c1-16(26)25-19-3-2-18(32(28,29)24-8-12-31-13-9-24)14-17(19)15-20(25)21(27)22-4-5-23-6-10-30-11-7-23/h2-3,14,20H,4-13,15H2,1H3,(H,22,27)/t20-/m1/s1. The Morgan fingerprint density at radius 1 is 1.06 bits per heavy atom. The fourth-order valence-electron chi connectivity index (χ4n) is 4.40. The van der Waals surface area contributed by atoms with E-state index in [1.165, 1.54) is 22.2 Å². The highest BCUT2D eigenvalue weighted by Gasteiger charge is 2.38. The Kier molecular flexibility index (Phi) is 7.11. The van der Waals surface area contributed by atoms with Crippen molar-refractivity contribution in [2.24, 2.45) is 0 Å². The number of hydrogen-bond acceptors (Lipinski definition) is 7. The van der Waals surface area contributed by atoms with E-state index in [1.54, 1.807) is 12.1 Å². The minimum atomic E-state index is -3.65. The van der Waals surface area contributed by atoms with Crippen LogP contribution in [0.25, 0.3) is 0 Å². The van der Waals surface area contributed by atoms with Gasteiger partial charge in [-0.1, -0.05) is 0 Å². The summed E-state index contributed by atoms with van der Waals surface area (Å²) in [7, 11) is -3.65. The number of nitrogens with zero attached hydrogens (tertiary/aromatic N) is 3. The molecule has 10 nitrogen and oxygen atoms in total. The van der Waals surface area contributed by atoms with Gasteiger partial charge in [0.25, 0.3) is 0 Å². The highest BCUT2D eigenvalue weighted by atomic mass is 32.2. The van der Waals surface area contributed by atoms with Crippen LogP contribution in [0, 0.1) is 0 Å². The number of fused-ring (bicyclic) bond motifs is 1. The summed E-state index contributed by atoms with van der Waals surface area (Å²) in [6, 6.07) is 4.05. The minimum absolute atomic E-state index is 0.176. The lowest BCUT2D eigenvalue weighted by atomic mass is 10.1. The maximum atomic E-state index is 13.0. The van der Waals surface area contributed by atoms with E-state index >= 15 is 0 Å². The number of amides is 2. The SMILES string of the molecule is CC(=O)N1c2ccc(S(=O)(=O)N3CCOCC3)cc2C[C@@H]1C(=O)NCCN1CCOCC1. The van der Waals surface area contributed by atoms with Crippen molar-refractivity contribution in [3.63, 3.8) is 0 Å². The number of carbonyl (C=O) groups is 2. The molecule has 1 N–H and O–H groups in total. The minimum Gasteiger partial charge on any atom is -0.379 e. The molecule has 4 rings (SSSR count). The Morgan fingerprint density at radius 2 is 1.72 bits per heavy atom. The molecule has 1 atom stereocenters. The molecule has 2 fully saturated rings. The summed E-state index contributed by atoms with van der Waals surface area (Å²) in [5.41, 5.74) is 1.27. The molecule has 0 saturated carbocycles. The first-order valence-electron chi connectivity index (χ1n) is 11.0. The average molecular weight is 467 g/mol. The predicted octanol–water partition coefficient (Wildman–Crippen LogP) is -0.566. The Morgan fingerprint density at radius 3 is 2.38 bits per heavy atom. The van der Waals surface area contributed by atoms with Crippen molar-refractivity contribution in [1.82, 2.24) is 14.5 Å². The first-order valence-corrected chi connectivity index (χ1v) is 12.4. The maximum absolute atomic E-state index is 13.0. The van der Waals surface area contributed by atoms with E-state index < -0.39 is 16.1 Å². The van der Waals surface area contributed by atoms with Crippen molar-refractivity contribution in [2.45, 2.75) is 24.3 Å². The summed E-state index contributed by atoms with van der Waals surface area (Å²) in [6.07, 6.45) is 0.283. The van der Waals surface area contributed by atoms with E-state index in [2.05, 4.69) is 10.2 Å². The zero-order valence-electron chi connectivity index (χ0n) is 18.3. The number of carbonyl (C=O) groups excluding carboxylic acids is 2. The van der Waals surface area contributed by atoms with Crippen molar-refractivity contribution < 1.29 is 27.5 Å². The van der Waals surface area contributed by atoms with Crippen molar-refractivity contribution in [3.05, 3.63) is 23.8 Å². The lowest BCUT2D eigenvalue weighted by Gasteiger charge is -2.27. The molecule has 0 aliphatic carbocycles. The fourth-order valence-corrected chi connectivity index (χ4v) is 5.86. The molecule has 0 aromatic heterocycles. The van der Waals surface area contributed by atoms with E-state index in [1.807, 2.05) is 0 Å². The molecule has 3 aliphatic rings. The highest BCUT2D eigenvalue weighted by Crippen LogP contribution is 2.35. The molecule has 3 aliphatic heterocycles. The van der Waals surface area contributed by atoms with E-state index in [0.29, 0.717) is 57.3 Å². The molecule has 0 radical (unpaired) electrons. The normalized spacial score (nSPS) is 22.5. The molecule has 176 valence electrons. The second-order valence-electron chi connectivity index (χ2n) is 8.16. The first kappa shape index (κ1) is 23.1. The number of nitrogens with one attached hydrogen (secondary N) is 1. The van der Waals surface area contributed by atoms with Crippen molar-refractivity contribution in [2.75, 3.05) is 70.6 Å². The van der Waals surface area contributed by atoms with Gasteiger partial charge in [-0.15, -0.1) is 0 Å². The zero-order valence-corrected chi connectivity index (χ0v) is 19.1. The lowest BCUT2D eigenvalue weighted by molar-refractivity contribution is -0.125. The van der Waals surface area contributed by atoms with Gasteiger partial charge in [0.2, 0.25) is 21.8 Å². The van der Waals surface area contributed by atoms with Crippen LogP contribution in [0.1, 0.15) is 12.5 Å². The molecule has 2 saturated heterocycles. The van der Waals surface area contributed by atoms with Crippen molar-refractivity contribution >= 4 is 27.5 Å². The molecule has 0 unspecified atom stereocenters. The van der Waals surface area contributed by atoms with Crippen molar-refractivity contribution in [1.29, 1.82) is 0 Å². The number of ether oxygens (including phenoxy) is 2. The quantitative estimate of drug-likeness (QED) is 0.598. The molecule has 0 bridgehead atoms. The number of morpholine rings is 2. The molecule has 1 aromatic carbocycles. The Labute approximate surface area is 188 Å². The van der Waals surface area contributed by atoms with E-state index in [9.17, 15) is 18.0 Å². The van der Waals surface area contributed by atoms with Crippen molar-refractivity contribution in [3.8, 4) is 0 Å². The van der Waals surface area contributed by atoms with Gasteiger partial charge in [-0.3, -0.25) is 19.4 Å². The second kappa shape index (κ2) is 9.84. The molecule has 1 aromatic rings. The van der Waals surface area contributed by atoms with Crippen LogP contribution in [-0.2, 0) is 35.5 Å². The van der Waals surface area contributed by atoms with Crippen LogP contribution in [0.3, 0.4) is 0 Å². The van der Waals surface area contributed by atoms with Crippen LogP contribution in [0.15, 0.2) is 23.1 Å². The third-order valence-corrected chi connectivity index (χ3v) is 8.01. The Bertz CT molecular complexity index is 957. The third-order valence-electron chi connectivity index (χ3n) is 6.12. The molecule has 2 amide bonds. The van der Waals surface area contributed by atoms with Gasteiger partial charge in [0, 0.05) is 58.3 Å². The average Bonchev–Trinajstić information content (AvgIpc) is 3.19. The topological polar surface area (TPSA) is 108 Å². The van der Waals surface area contributed by atoms with E-state index in [-0.39, 0.29) is 23.1 Å². The molecule has 3 heterocycles. The largest absolute Gasteiger partial charge is 0.379 e. The van der Waals surface area contributed by atoms with E-state index in [0.717, 1.165) is 19.6 Å². The van der Waals surface area contributed by atoms with Gasteiger partial charge < -0.3 is 14.8 Å². The maximum Gasteiger partial charge on any atom is 0.243 e. The van der Waals surface area contributed by atoms with Gasteiger partial charge in [-0.25, -0.2) is 8.42 Å². The van der Waals surface area contributed by atoms with Gasteiger partial charge in [-0.05, 0) is 23.8 Å². The van der Waals surface area contributed by atoms with Crippen LogP contribution >= 0.6 is 0 Å². The highest BCUT2D eigenvalue weighted by molar-refractivity contribution is 7.89. The van der Waals surface area contributed by atoms with Gasteiger partial charge in [0.05, 0.1) is 31.3 Å². The number of hydrogen-bond donors (Lipinski definition) is 1. The number of sulfonamides is 1. The van der Waals surface area contributed by atoms with Crippen LogP contribution in [-0.4, -0.2) is 101 Å². The Hall–Kier alpha value is -2.05. The summed E-state index contributed by atoms with van der Waals surface area (Å²) in [6.45, 7) is 7.05. The predicted molar refractivity (Wildman–Crippen MR) is 117 cm³/mol. The molecule has 11 heteroatoms. The summed E-state index contributed by atoms with van der Waals surface area (Å²) in [4.78, 5) is 29.1. The summed E-state index contributed by atoms with van der Waals surface area (Å²) in [5.74, 6) is -0.483. The number of rotatable bonds is 6. The smallest absolute Gasteiger partial charge is 0.243 e. The molecule has 32 heavy (non-hydrogen) atoms. The van der Waals surface area contributed by atoms with Gasteiger partial charge >= 0.3 is 0 Å². The number of anilines is 1. The first-order chi connectivity index (χ1) is 15.4. The number of benzene rings is 1. The third kappa shape index (κ3) is 4.81. The van der Waals surface area contributed by atoms with Crippen LogP contribution in [0.2, 0.25) is 0 Å². The van der Waals surface area contributed by atoms with Gasteiger partial charge in [0.15, 0.2) is 0 Å². The summed E-state index contributed by atoms with van der Waals surface area (Å²) < 4.78 is 38.0. The monoisotopic (exact) mass is 466 g/mol. The van der Waals surface area contributed by atoms with E-state index in [4.69, 9.17) is 9.47 Å². The molecule has 0 spiro atoms. The molecular formula is C21H30N4O6S. The van der Waals surface area contributed by atoms with Gasteiger partial charge in [-0.2, -0.15) is 4.31 Å². The van der Waals surface area contributed by atoms with Crippen LogP contribution in [0.4, 0.5) is 5.69 Å².